The van der Waals surface area contributed by atoms with Crippen LogP contribution >= 0.6 is 11.3 Å². The molecule has 0 aliphatic carbocycles. The second-order valence-electron chi connectivity index (χ2n) is 11.6. The van der Waals surface area contributed by atoms with Gasteiger partial charge in [0.1, 0.15) is 5.01 Å². The van der Waals surface area contributed by atoms with E-state index < -0.39 is 12.1 Å². The lowest BCUT2D eigenvalue weighted by molar-refractivity contribution is 0.0735. The molecule has 45 heavy (non-hydrogen) atoms. The molecule has 1 saturated heterocycles. The number of nitrogens with one attached hydrogen (secondary N) is 2. The lowest BCUT2D eigenvalue weighted by Crippen LogP contribution is -2.50. The zero-order valence-electron chi connectivity index (χ0n) is 27.0. The third-order valence-electron chi connectivity index (χ3n) is 8.15. The predicted molar refractivity (Wildman–Crippen MR) is 180 cm³/mol. The Labute approximate surface area is 271 Å². The lowest BCUT2D eigenvalue weighted by atomic mass is 9.99. The maximum atomic E-state index is 13.6. The number of hydrogen-bond acceptors (Lipinski definition) is 7. The van der Waals surface area contributed by atoms with E-state index in [1.165, 1.54) is 0 Å². The van der Waals surface area contributed by atoms with Gasteiger partial charge in [0.15, 0.2) is 0 Å². The van der Waals surface area contributed by atoms with E-state index >= 15 is 0 Å². The van der Waals surface area contributed by atoms with Gasteiger partial charge in [-0.05, 0) is 81.9 Å². The Hall–Kier alpha value is -3.79. The van der Waals surface area contributed by atoms with Crippen molar-refractivity contribution in [3.8, 4) is 0 Å². The molecule has 1 aromatic heterocycles. The number of thiazole rings is 1. The summed E-state index contributed by atoms with van der Waals surface area (Å²) in [4.78, 5) is 33.7. The van der Waals surface area contributed by atoms with Gasteiger partial charge in [0, 0.05) is 41.3 Å². The highest BCUT2D eigenvalue weighted by molar-refractivity contribution is 7.09. The minimum Gasteiger partial charge on any atom is -0.501 e. The van der Waals surface area contributed by atoms with Crippen molar-refractivity contribution in [3.05, 3.63) is 111 Å². The molecule has 3 aromatic rings. The second kappa shape index (κ2) is 16.5. The average Bonchev–Trinajstić information content (AvgIpc) is 3.72. The van der Waals surface area contributed by atoms with Gasteiger partial charge in [0.2, 0.25) is 0 Å². The summed E-state index contributed by atoms with van der Waals surface area (Å²) in [6, 6.07) is 16.0. The van der Waals surface area contributed by atoms with E-state index in [4.69, 9.17) is 4.74 Å². The number of likely N-dealkylation sites (tertiary alicyclic amines) is 1. The molecule has 4 atom stereocenters. The molecular formula is C36H46N4O4S. The van der Waals surface area contributed by atoms with Gasteiger partial charge >= 0.3 is 0 Å². The SMILES string of the molecule is CC/C=C(\C=C(/C)OC)[C@H](C)NC[C@@H](O)[C@H](Cc1ccccc1)NC(=O)c1cccc(C(=O)N2CCC[C@@H]2c2nc(C)cs2)c1. The summed E-state index contributed by atoms with van der Waals surface area (Å²) in [5.41, 5.74) is 3.87. The van der Waals surface area contributed by atoms with Crippen LogP contribution in [0.4, 0.5) is 0 Å². The Morgan fingerprint density at radius 2 is 1.93 bits per heavy atom. The first kappa shape index (κ1) is 34.1. The van der Waals surface area contributed by atoms with Crippen LogP contribution in [0.25, 0.3) is 0 Å². The summed E-state index contributed by atoms with van der Waals surface area (Å²) < 4.78 is 5.34. The van der Waals surface area contributed by atoms with Gasteiger partial charge < -0.3 is 25.4 Å². The van der Waals surface area contributed by atoms with E-state index in [1.807, 2.05) is 67.5 Å². The number of benzene rings is 2. The zero-order chi connectivity index (χ0) is 32.3. The number of allylic oxidation sites excluding steroid dienone is 2. The molecule has 0 radical (unpaired) electrons. The van der Waals surface area contributed by atoms with Crippen molar-refractivity contribution in [1.29, 1.82) is 0 Å². The fourth-order valence-corrected chi connectivity index (χ4v) is 6.54. The van der Waals surface area contributed by atoms with Crippen LogP contribution in [-0.4, -0.2) is 65.2 Å². The normalized spacial score (nSPS) is 17.6. The molecule has 1 aliphatic rings. The summed E-state index contributed by atoms with van der Waals surface area (Å²) in [6.07, 6.45) is 6.37. The molecule has 0 unspecified atom stereocenters. The monoisotopic (exact) mass is 630 g/mol. The van der Waals surface area contributed by atoms with E-state index in [1.54, 1.807) is 42.7 Å². The zero-order valence-corrected chi connectivity index (χ0v) is 27.8. The summed E-state index contributed by atoms with van der Waals surface area (Å²) in [5, 5.41) is 20.8. The van der Waals surface area contributed by atoms with Crippen molar-refractivity contribution in [1.82, 2.24) is 20.5 Å². The van der Waals surface area contributed by atoms with Gasteiger partial charge in [-0.3, -0.25) is 9.59 Å². The van der Waals surface area contributed by atoms with Gasteiger partial charge in [-0.25, -0.2) is 4.98 Å². The van der Waals surface area contributed by atoms with Crippen molar-refractivity contribution in [2.24, 2.45) is 0 Å². The Kier molecular flexibility index (Phi) is 12.5. The molecule has 2 heterocycles. The Balaban J connectivity index is 1.48. The molecule has 0 spiro atoms. The summed E-state index contributed by atoms with van der Waals surface area (Å²) in [5.74, 6) is 0.363. The lowest BCUT2D eigenvalue weighted by Gasteiger charge is -2.27. The molecule has 3 N–H and O–H groups in total. The topological polar surface area (TPSA) is 104 Å². The molecule has 2 aromatic carbocycles. The number of aryl methyl sites for hydroxylation is 1. The van der Waals surface area contributed by atoms with Gasteiger partial charge in [-0.15, -0.1) is 11.3 Å². The fraction of sp³-hybridized carbons (Fsp3) is 0.417. The highest BCUT2D eigenvalue weighted by Crippen LogP contribution is 2.34. The quantitative estimate of drug-likeness (QED) is 0.149. The number of hydrogen-bond donors (Lipinski definition) is 3. The minimum atomic E-state index is -0.871. The number of carbonyl (C=O) groups excluding carboxylic acids is 2. The van der Waals surface area contributed by atoms with Crippen LogP contribution in [-0.2, 0) is 11.2 Å². The number of amides is 2. The smallest absolute Gasteiger partial charge is 0.254 e. The number of carbonyl (C=O) groups is 2. The maximum Gasteiger partial charge on any atom is 0.254 e. The molecule has 4 rings (SSSR count). The number of methoxy groups -OCH3 is 1. The molecule has 2 amide bonds. The van der Waals surface area contributed by atoms with Crippen LogP contribution in [0.2, 0.25) is 0 Å². The molecule has 1 fully saturated rings. The molecule has 240 valence electrons. The molecule has 0 bridgehead atoms. The van der Waals surface area contributed by atoms with Crippen molar-refractivity contribution < 1.29 is 19.4 Å². The first-order valence-corrected chi connectivity index (χ1v) is 16.6. The predicted octanol–water partition coefficient (Wildman–Crippen LogP) is 6.00. The fourth-order valence-electron chi connectivity index (χ4n) is 5.60. The molecule has 1 aliphatic heterocycles. The first-order valence-electron chi connectivity index (χ1n) is 15.7. The number of rotatable bonds is 14. The summed E-state index contributed by atoms with van der Waals surface area (Å²) >= 11 is 1.58. The van der Waals surface area contributed by atoms with Gasteiger partial charge in [-0.2, -0.15) is 0 Å². The minimum absolute atomic E-state index is 0.0387. The first-order chi connectivity index (χ1) is 21.7. The highest BCUT2D eigenvalue weighted by atomic mass is 32.1. The number of ether oxygens (including phenoxy) is 1. The molecule has 8 nitrogen and oxygen atoms in total. The molecule has 9 heteroatoms. The number of nitrogens with zero attached hydrogens (tertiary/aromatic N) is 2. The second-order valence-corrected chi connectivity index (χ2v) is 12.5. The Morgan fingerprint density at radius 1 is 1.18 bits per heavy atom. The van der Waals surface area contributed by atoms with E-state index in [-0.39, 0.29) is 30.4 Å². The van der Waals surface area contributed by atoms with Gasteiger partial charge in [-0.1, -0.05) is 49.4 Å². The van der Waals surface area contributed by atoms with Gasteiger partial charge in [0.05, 0.1) is 31.1 Å². The van der Waals surface area contributed by atoms with Crippen molar-refractivity contribution in [3.63, 3.8) is 0 Å². The Bertz CT molecular complexity index is 1480. The average molecular weight is 631 g/mol. The van der Waals surface area contributed by atoms with Crippen molar-refractivity contribution in [2.45, 2.75) is 77.6 Å². The van der Waals surface area contributed by atoms with Gasteiger partial charge in [0.25, 0.3) is 11.8 Å². The van der Waals surface area contributed by atoms with Crippen LogP contribution < -0.4 is 10.6 Å². The third kappa shape index (κ3) is 9.36. The van der Waals surface area contributed by atoms with E-state index in [0.717, 1.165) is 46.9 Å². The van der Waals surface area contributed by atoms with E-state index in [0.29, 0.717) is 24.1 Å². The van der Waals surface area contributed by atoms with Crippen LogP contribution in [0.5, 0.6) is 0 Å². The summed E-state index contributed by atoms with van der Waals surface area (Å²) in [7, 11) is 1.65. The van der Waals surface area contributed by atoms with Crippen LogP contribution in [0.3, 0.4) is 0 Å². The number of aliphatic hydroxyl groups excluding tert-OH is 1. The van der Waals surface area contributed by atoms with Crippen LogP contribution in [0.1, 0.15) is 83.1 Å². The molecular weight excluding hydrogens is 584 g/mol. The van der Waals surface area contributed by atoms with Crippen molar-refractivity contribution >= 4 is 23.2 Å². The third-order valence-corrected chi connectivity index (χ3v) is 9.22. The van der Waals surface area contributed by atoms with E-state index in [9.17, 15) is 14.7 Å². The van der Waals surface area contributed by atoms with E-state index in [2.05, 4.69) is 28.6 Å². The van der Waals surface area contributed by atoms with Crippen LogP contribution in [0.15, 0.2) is 83.5 Å². The summed E-state index contributed by atoms with van der Waals surface area (Å²) in [6.45, 7) is 8.92. The standard InChI is InChI=1S/C36H46N4O4S/c1-6-12-28(19-25(3)44-5)26(4)37-22-33(41)31(20-27-13-8-7-9-14-27)39-34(42)29-15-10-16-30(21-29)36(43)40-18-11-17-32(40)35-38-24(2)23-45-35/h7-10,12-16,19,21,23,26,31-33,37,41H,6,11,17-18,20,22H2,1-5H3,(H,39,42)/b25-19+,28-12+/t26-,31-,32+,33+/m0/s1. The Morgan fingerprint density at radius 3 is 2.62 bits per heavy atom. The van der Waals surface area contributed by atoms with Crippen LogP contribution in [0, 0.1) is 6.92 Å². The maximum absolute atomic E-state index is 13.6. The number of aliphatic hydroxyl groups is 1. The largest absolute Gasteiger partial charge is 0.501 e. The number of aromatic nitrogens is 1. The molecule has 0 saturated carbocycles. The highest BCUT2D eigenvalue weighted by Gasteiger charge is 2.33. The van der Waals surface area contributed by atoms with Crippen molar-refractivity contribution in [2.75, 3.05) is 20.2 Å².